The molecule has 0 saturated carbocycles. The normalized spacial score (nSPS) is 9.92. The lowest BCUT2D eigenvalue weighted by Gasteiger charge is -1.97. The van der Waals surface area contributed by atoms with E-state index >= 15 is 0 Å². The van der Waals surface area contributed by atoms with Crippen LogP contribution in [0.25, 0.3) is 0 Å². The number of hydrogen-bond donors (Lipinski definition) is 1. The summed E-state index contributed by atoms with van der Waals surface area (Å²) in [5.41, 5.74) is 0.875. The summed E-state index contributed by atoms with van der Waals surface area (Å²) in [6, 6.07) is 0. The molecule has 0 aliphatic heterocycles. The zero-order chi connectivity index (χ0) is 9.14. The Hall–Kier alpha value is -1.03. The summed E-state index contributed by atoms with van der Waals surface area (Å²) in [6.45, 7) is 3.79. The van der Waals surface area contributed by atoms with E-state index in [9.17, 15) is 4.79 Å². The van der Waals surface area contributed by atoms with Crippen molar-refractivity contribution in [3.63, 3.8) is 0 Å². The molecule has 1 N–H and O–H groups in total. The second kappa shape index (κ2) is 3.58. The van der Waals surface area contributed by atoms with Crippen molar-refractivity contribution < 1.29 is 9.53 Å². The first-order valence-electron chi connectivity index (χ1n) is 3.54. The average molecular weight is 189 g/mol. The molecule has 5 heteroatoms. The van der Waals surface area contributed by atoms with Crippen molar-refractivity contribution in [3.05, 3.63) is 16.7 Å². The molecule has 0 spiro atoms. The smallest absolute Gasteiger partial charge is 0.358 e. The van der Waals surface area contributed by atoms with Gasteiger partial charge in [-0.3, -0.25) is 0 Å². The van der Waals surface area contributed by atoms with Crippen LogP contribution in [0.2, 0.25) is 5.28 Å². The summed E-state index contributed by atoms with van der Waals surface area (Å²) in [4.78, 5) is 17.6. The number of hydrogen-bond acceptors (Lipinski definition) is 3. The standard InChI is InChI=1S/C7H9ClN2O2/c1-3-12-6(11)5-4(2)9-7(8)10-5/h3H2,1-2H3,(H,9,10). The molecule has 0 aromatic carbocycles. The number of aromatic nitrogens is 2. The van der Waals surface area contributed by atoms with E-state index in [2.05, 4.69) is 9.97 Å². The predicted octanol–water partition coefficient (Wildman–Crippen LogP) is 1.55. The summed E-state index contributed by atoms with van der Waals surface area (Å²) in [5, 5.41) is 0.204. The number of nitrogens with zero attached hydrogens (tertiary/aromatic N) is 1. The maximum Gasteiger partial charge on any atom is 0.358 e. The monoisotopic (exact) mass is 188 g/mol. The van der Waals surface area contributed by atoms with Crippen LogP contribution in [0.5, 0.6) is 0 Å². The number of imidazole rings is 1. The Kier molecular flexibility index (Phi) is 2.70. The Bertz CT molecular complexity index is 296. The van der Waals surface area contributed by atoms with Crippen molar-refractivity contribution in [1.29, 1.82) is 0 Å². The molecule has 0 atom stereocenters. The Morgan fingerprint density at radius 3 is 2.83 bits per heavy atom. The Morgan fingerprint density at radius 2 is 2.42 bits per heavy atom. The number of ether oxygens (including phenoxy) is 1. The number of esters is 1. The number of rotatable bonds is 2. The first kappa shape index (κ1) is 9.06. The summed E-state index contributed by atoms with van der Waals surface area (Å²) in [7, 11) is 0. The lowest BCUT2D eigenvalue weighted by molar-refractivity contribution is 0.0519. The molecule has 66 valence electrons. The van der Waals surface area contributed by atoms with E-state index < -0.39 is 5.97 Å². The predicted molar refractivity (Wildman–Crippen MR) is 44.3 cm³/mol. The summed E-state index contributed by atoms with van der Waals surface area (Å²) < 4.78 is 4.74. The molecule has 0 radical (unpaired) electrons. The minimum atomic E-state index is -0.446. The van der Waals surface area contributed by atoms with Crippen molar-refractivity contribution in [2.45, 2.75) is 13.8 Å². The van der Waals surface area contributed by atoms with Gasteiger partial charge < -0.3 is 9.72 Å². The van der Waals surface area contributed by atoms with E-state index in [0.717, 1.165) is 0 Å². The Morgan fingerprint density at radius 1 is 1.75 bits per heavy atom. The third-order valence-corrected chi connectivity index (χ3v) is 1.50. The molecular weight excluding hydrogens is 180 g/mol. The van der Waals surface area contributed by atoms with Gasteiger partial charge >= 0.3 is 5.97 Å². The second-order valence-electron chi connectivity index (χ2n) is 2.22. The Balaban J connectivity index is 2.87. The molecule has 1 aromatic heterocycles. The lowest BCUT2D eigenvalue weighted by Crippen LogP contribution is -2.06. The minimum Gasteiger partial charge on any atom is -0.461 e. The van der Waals surface area contributed by atoms with Crippen molar-refractivity contribution in [2.75, 3.05) is 6.61 Å². The van der Waals surface area contributed by atoms with Crippen LogP contribution in [0.4, 0.5) is 0 Å². The molecule has 0 bridgehead atoms. The summed E-state index contributed by atoms with van der Waals surface area (Å²) >= 11 is 5.54. The number of carbonyl (C=O) groups is 1. The third-order valence-electron chi connectivity index (χ3n) is 1.32. The number of carbonyl (C=O) groups excluding carboxylic acids is 1. The van der Waals surface area contributed by atoms with Crippen LogP contribution in [0, 0.1) is 6.92 Å². The van der Waals surface area contributed by atoms with Gasteiger partial charge in [-0.1, -0.05) is 0 Å². The molecule has 0 fully saturated rings. The highest BCUT2D eigenvalue weighted by atomic mass is 35.5. The quantitative estimate of drug-likeness (QED) is 0.717. The van der Waals surface area contributed by atoms with Gasteiger partial charge in [-0.25, -0.2) is 9.78 Å². The fraction of sp³-hybridized carbons (Fsp3) is 0.429. The molecule has 12 heavy (non-hydrogen) atoms. The van der Waals surface area contributed by atoms with Gasteiger partial charge in [0, 0.05) is 5.69 Å². The van der Waals surface area contributed by atoms with Crippen LogP contribution < -0.4 is 0 Å². The molecule has 0 aliphatic rings. The molecule has 1 heterocycles. The third kappa shape index (κ3) is 1.76. The van der Waals surface area contributed by atoms with Crippen LogP contribution >= 0.6 is 11.6 Å². The van der Waals surface area contributed by atoms with E-state index in [1.807, 2.05) is 0 Å². The van der Waals surface area contributed by atoms with E-state index in [4.69, 9.17) is 16.3 Å². The van der Waals surface area contributed by atoms with E-state index in [0.29, 0.717) is 12.3 Å². The van der Waals surface area contributed by atoms with Gasteiger partial charge in [-0.15, -0.1) is 0 Å². The van der Waals surface area contributed by atoms with E-state index in [1.165, 1.54) is 0 Å². The molecule has 1 aromatic rings. The fourth-order valence-corrected chi connectivity index (χ4v) is 1.05. The largest absolute Gasteiger partial charge is 0.461 e. The zero-order valence-electron chi connectivity index (χ0n) is 6.85. The van der Waals surface area contributed by atoms with Gasteiger partial charge in [0.25, 0.3) is 0 Å². The van der Waals surface area contributed by atoms with Gasteiger partial charge in [0.2, 0.25) is 5.28 Å². The Labute approximate surface area is 74.9 Å². The van der Waals surface area contributed by atoms with Crippen molar-refractivity contribution in [3.8, 4) is 0 Å². The van der Waals surface area contributed by atoms with Crippen molar-refractivity contribution >= 4 is 17.6 Å². The summed E-state index contributed by atoms with van der Waals surface area (Å²) in [5.74, 6) is -0.446. The van der Waals surface area contributed by atoms with E-state index in [1.54, 1.807) is 13.8 Å². The van der Waals surface area contributed by atoms with Gasteiger partial charge in [0.1, 0.15) is 0 Å². The molecule has 1 rings (SSSR count). The van der Waals surface area contributed by atoms with Gasteiger partial charge in [-0.05, 0) is 25.4 Å². The summed E-state index contributed by atoms with van der Waals surface area (Å²) in [6.07, 6.45) is 0. The highest BCUT2D eigenvalue weighted by Gasteiger charge is 2.14. The lowest BCUT2D eigenvalue weighted by atomic mass is 10.3. The van der Waals surface area contributed by atoms with Crippen LogP contribution in [-0.4, -0.2) is 22.5 Å². The molecule has 4 nitrogen and oxygen atoms in total. The number of H-pyrrole nitrogens is 1. The molecule has 0 unspecified atom stereocenters. The van der Waals surface area contributed by atoms with Crippen LogP contribution in [0.3, 0.4) is 0 Å². The van der Waals surface area contributed by atoms with Gasteiger partial charge in [0.05, 0.1) is 6.61 Å². The first-order valence-corrected chi connectivity index (χ1v) is 3.92. The SMILES string of the molecule is CCOC(=O)c1nc(Cl)[nH]c1C. The fourth-order valence-electron chi connectivity index (χ4n) is 0.822. The maximum atomic E-state index is 11.1. The average Bonchev–Trinajstić information content (AvgIpc) is 2.30. The highest BCUT2D eigenvalue weighted by molar-refractivity contribution is 6.28. The van der Waals surface area contributed by atoms with Crippen molar-refractivity contribution in [2.24, 2.45) is 0 Å². The molecule has 0 aliphatic carbocycles. The number of halogens is 1. The van der Waals surface area contributed by atoms with Crippen molar-refractivity contribution in [1.82, 2.24) is 9.97 Å². The number of aromatic amines is 1. The minimum absolute atomic E-state index is 0.204. The van der Waals surface area contributed by atoms with E-state index in [-0.39, 0.29) is 11.0 Å². The highest BCUT2D eigenvalue weighted by Crippen LogP contribution is 2.09. The number of nitrogens with one attached hydrogen (secondary N) is 1. The zero-order valence-corrected chi connectivity index (χ0v) is 7.60. The number of aryl methyl sites for hydroxylation is 1. The van der Waals surface area contributed by atoms with Gasteiger partial charge in [-0.2, -0.15) is 0 Å². The van der Waals surface area contributed by atoms with Crippen LogP contribution in [0.15, 0.2) is 0 Å². The van der Waals surface area contributed by atoms with Crippen LogP contribution in [-0.2, 0) is 4.74 Å². The van der Waals surface area contributed by atoms with Gasteiger partial charge in [0.15, 0.2) is 5.69 Å². The molecule has 0 saturated heterocycles. The molecular formula is C7H9ClN2O2. The topological polar surface area (TPSA) is 55.0 Å². The molecule has 0 amide bonds. The van der Waals surface area contributed by atoms with Crippen LogP contribution in [0.1, 0.15) is 23.1 Å². The first-order chi connectivity index (χ1) is 5.65. The maximum absolute atomic E-state index is 11.1. The second-order valence-corrected chi connectivity index (χ2v) is 2.58.